The highest BCUT2D eigenvalue weighted by Crippen LogP contribution is 2.27. The molecule has 1 N–H and O–H groups in total. The molecule has 0 atom stereocenters. The number of nitrogens with one attached hydrogen (secondary N) is 1. The highest BCUT2D eigenvalue weighted by atomic mass is 79.9. The van der Waals surface area contributed by atoms with Gasteiger partial charge in [-0.1, -0.05) is 46.1 Å². The molecule has 2 aromatic carbocycles. The monoisotopic (exact) mass is 461 g/mol. The largest absolute Gasteiger partial charge is 0.494 e. The van der Waals surface area contributed by atoms with Crippen molar-refractivity contribution in [3.63, 3.8) is 0 Å². The minimum absolute atomic E-state index is 0.167. The first-order chi connectivity index (χ1) is 14.0. The molecule has 1 amide bonds. The minimum atomic E-state index is -0.167. The van der Waals surface area contributed by atoms with Gasteiger partial charge in [0.1, 0.15) is 11.5 Å². The van der Waals surface area contributed by atoms with Crippen molar-refractivity contribution in [2.45, 2.75) is 52.9 Å². The quantitative estimate of drug-likeness (QED) is 0.343. The molecule has 0 heterocycles. The van der Waals surface area contributed by atoms with Crippen LogP contribution in [0.2, 0.25) is 0 Å². The van der Waals surface area contributed by atoms with Crippen molar-refractivity contribution < 1.29 is 14.3 Å². The summed E-state index contributed by atoms with van der Waals surface area (Å²) >= 11 is 3.51. The Morgan fingerprint density at radius 2 is 1.86 bits per heavy atom. The van der Waals surface area contributed by atoms with Crippen LogP contribution in [-0.4, -0.2) is 19.1 Å². The third-order valence-electron chi connectivity index (χ3n) is 4.51. The zero-order valence-electron chi connectivity index (χ0n) is 17.7. The molecule has 29 heavy (non-hydrogen) atoms. The first-order valence-corrected chi connectivity index (χ1v) is 11.3. The number of amides is 1. The Balaban J connectivity index is 1.91. The Morgan fingerprint density at radius 3 is 2.59 bits per heavy atom. The third-order valence-corrected chi connectivity index (χ3v) is 5.13. The van der Waals surface area contributed by atoms with E-state index in [4.69, 9.17) is 9.47 Å². The van der Waals surface area contributed by atoms with Crippen LogP contribution in [0.3, 0.4) is 0 Å². The molecule has 0 unspecified atom stereocenters. The summed E-state index contributed by atoms with van der Waals surface area (Å²) in [6.45, 7) is 7.88. The lowest BCUT2D eigenvalue weighted by Crippen LogP contribution is -2.12. The zero-order chi connectivity index (χ0) is 21.1. The van der Waals surface area contributed by atoms with Crippen LogP contribution in [-0.2, 0) is 0 Å². The standard InChI is InChI=1S/C24H32BrNO3/c1-4-5-6-7-14-29-23-12-11-19(16-22(23)25)24(27)26-20-9-8-10-21(17-20)28-15-13-18(2)3/h8-12,16-18H,4-7,13-15H2,1-3H3,(H,26,27). The van der Waals surface area contributed by atoms with Crippen molar-refractivity contribution in [1.82, 2.24) is 0 Å². The summed E-state index contributed by atoms with van der Waals surface area (Å²) < 4.78 is 12.4. The van der Waals surface area contributed by atoms with Gasteiger partial charge >= 0.3 is 0 Å². The number of unbranched alkanes of at least 4 members (excludes halogenated alkanes) is 3. The lowest BCUT2D eigenvalue weighted by atomic mass is 10.1. The summed E-state index contributed by atoms with van der Waals surface area (Å²) in [5.74, 6) is 1.95. The van der Waals surface area contributed by atoms with E-state index in [1.54, 1.807) is 12.1 Å². The molecule has 0 bridgehead atoms. The maximum absolute atomic E-state index is 12.6. The van der Waals surface area contributed by atoms with E-state index in [0.717, 1.165) is 28.8 Å². The molecule has 0 radical (unpaired) electrons. The molecule has 0 aliphatic heterocycles. The van der Waals surface area contributed by atoms with E-state index in [1.165, 1.54) is 19.3 Å². The Kier molecular flexibility index (Phi) is 10.1. The number of benzene rings is 2. The van der Waals surface area contributed by atoms with Crippen molar-refractivity contribution in [2.75, 3.05) is 18.5 Å². The maximum atomic E-state index is 12.6. The van der Waals surface area contributed by atoms with Gasteiger partial charge in [0.05, 0.1) is 17.7 Å². The molecule has 0 aliphatic rings. The fourth-order valence-corrected chi connectivity index (χ4v) is 3.24. The summed E-state index contributed by atoms with van der Waals surface area (Å²) in [5.41, 5.74) is 1.28. The number of hydrogen-bond acceptors (Lipinski definition) is 3. The highest BCUT2D eigenvalue weighted by Gasteiger charge is 2.10. The van der Waals surface area contributed by atoms with E-state index in [0.29, 0.717) is 30.4 Å². The van der Waals surface area contributed by atoms with Crippen LogP contribution in [0.4, 0.5) is 5.69 Å². The summed E-state index contributed by atoms with van der Waals surface area (Å²) in [7, 11) is 0. The molecule has 0 aliphatic carbocycles. The van der Waals surface area contributed by atoms with Gasteiger partial charge in [-0.3, -0.25) is 4.79 Å². The van der Waals surface area contributed by atoms with E-state index in [1.807, 2.05) is 30.3 Å². The van der Waals surface area contributed by atoms with Gasteiger partial charge < -0.3 is 14.8 Å². The maximum Gasteiger partial charge on any atom is 0.255 e. The van der Waals surface area contributed by atoms with Crippen molar-refractivity contribution in [3.05, 3.63) is 52.5 Å². The number of carbonyl (C=O) groups is 1. The number of ether oxygens (including phenoxy) is 2. The Morgan fingerprint density at radius 1 is 1.03 bits per heavy atom. The molecule has 2 rings (SSSR count). The predicted octanol–water partition coefficient (Wildman–Crippen LogP) is 7.09. The molecule has 5 heteroatoms. The summed E-state index contributed by atoms with van der Waals surface area (Å²) in [6, 6.07) is 12.9. The second kappa shape index (κ2) is 12.5. The first kappa shape index (κ1) is 23.3. The van der Waals surface area contributed by atoms with E-state index >= 15 is 0 Å². The highest BCUT2D eigenvalue weighted by molar-refractivity contribution is 9.10. The molecule has 0 fully saturated rings. The summed E-state index contributed by atoms with van der Waals surface area (Å²) in [5, 5.41) is 2.93. The van der Waals surface area contributed by atoms with Gasteiger partial charge in [0.25, 0.3) is 5.91 Å². The Bertz CT molecular complexity index is 776. The average Bonchev–Trinajstić information content (AvgIpc) is 2.69. The van der Waals surface area contributed by atoms with E-state index in [-0.39, 0.29) is 5.91 Å². The lowest BCUT2D eigenvalue weighted by Gasteiger charge is -2.12. The number of rotatable bonds is 12. The van der Waals surface area contributed by atoms with Gasteiger partial charge in [-0.2, -0.15) is 0 Å². The first-order valence-electron chi connectivity index (χ1n) is 10.5. The molecule has 0 saturated heterocycles. The summed E-state index contributed by atoms with van der Waals surface area (Å²) in [6.07, 6.45) is 5.65. The molecule has 4 nitrogen and oxygen atoms in total. The van der Waals surface area contributed by atoms with Crippen LogP contribution in [0.25, 0.3) is 0 Å². The van der Waals surface area contributed by atoms with E-state index < -0.39 is 0 Å². The molecular weight excluding hydrogens is 430 g/mol. The second-order valence-corrected chi connectivity index (χ2v) is 8.42. The molecular formula is C24H32BrNO3. The van der Waals surface area contributed by atoms with Crippen LogP contribution in [0.5, 0.6) is 11.5 Å². The van der Waals surface area contributed by atoms with Gasteiger partial charge in [-0.15, -0.1) is 0 Å². The Hall–Kier alpha value is -2.01. The molecule has 0 aromatic heterocycles. The SMILES string of the molecule is CCCCCCOc1ccc(C(=O)Nc2cccc(OCCC(C)C)c2)cc1Br. The number of halogens is 1. The zero-order valence-corrected chi connectivity index (χ0v) is 19.3. The van der Waals surface area contributed by atoms with Gasteiger partial charge in [-0.25, -0.2) is 0 Å². The van der Waals surface area contributed by atoms with Crippen LogP contribution in [0.1, 0.15) is 63.2 Å². The second-order valence-electron chi connectivity index (χ2n) is 7.57. The van der Waals surface area contributed by atoms with Crippen molar-refractivity contribution >= 4 is 27.5 Å². The van der Waals surface area contributed by atoms with Gasteiger partial charge in [0, 0.05) is 17.3 Å². The normalized spacial score (nSPS) is 10.8. The van der Waals surface area contributed by atoms with Gasteiger partial charge in [0.15, 0.2) is 0 Å². The Labute approximate surface area is 183 Å². The van der Waals surface area contributed by atoms with E-state index in [9.17, 15) is 4.79 Å². The number of carbonyl (C=O) groups excluding carboxylic acids is 1. The van der Waals surface area contributed by atoms with Crippen LogP contribution >= 0.6 is 15.9 Å². The van der Waals surface area contributed by atoms with Gasteiger partial charge in [0.2, 0.25) is 0 Å². The van der Waals surface area contributed by atoms with Crippen LogP contribution < -0.4 is 14.8 Å². The smallest absolute Gasteiger partial charge is 0.255 e. The lowest BCUT2D eigenvalue weighted by molar-refractivity contribution is 0.102. The van der Waals surface area contributed by atoms with Crippen molar-refractivity contribution in [1.29, 1.82) is 0 Å². The van der Waals surface area contributed by atoms with Crippen molar-refractivity contribution in [3.8, 4) is 11.5 Å². The van der Waals surface area contributed by atoms with Gasteiger partial charge in [-0.05, 0) is 65.0 Å². The molecule has 0 saturated carbocycles. The summed E-state index contributed by atoms with van der Waals surface area (Å²) in [4.78, 5) is 12.6. The molecule has 158 valence electrons. The van der Waals surface area contributed by atoms with Crippen LogP contribution in [0, 0.1) is 5.92 Å². The molecule has 0 spiro atoms. The predicted molar refractivity (Wildman–Crippen MR) is 123 cm³/mol. The average molecular weight is 462 g/mol. The fourth-order valence-electron chi connectivity index (χ4n) is 2.75. The topological polar surface area (TPSA) is 47.6 Å². The number of hydrogen-bond donors (Lipinski definition) is 1. The fraction of sp³-hybridized carbons (Fsp3) is 0.458. The molecule has 2 aromatic rings. The van der Waals surface area contributed by atoms with Crippen molar-refractivity contribution in [2.24, 2.45) is 5.92 Å². The third kappa shape index (κ3) is 8.48. The van der Waals surface area contributed by atoms with E-state index in [2.05, 4.69) is 42.0 Å². The minimum Gasteiger partial charge on any atom is -0.494 e. The van der Waals surface area contributed by atoms with Crippen LogP contribution in [0.15, 0.2) is 46.9 Å². The number of anilines is 1.